The third kappa shape index (κ3) is 18.1. The van der Waals surface area contributed by atoms with Crippen LogP contribution < -0.4 is 12.4 Å². The van der Waals surface area contributed by atoms with Crippen LogP contribution in [-0.2, 0) is 4.79 Å². The topological polar surface area (TPSA) is 48.6 Å². The predicted molar refractivity (Wildman–Crippen MR) is 32.6 cm³/mol. The average molecular weight is 156 g/mol. The molecule has 0 fully saturated rings. The van der Waals surface area contributed by atoms with Crippen molar-refractivity contribution in [1.82, 2.24) is 0 Å². The summed E-state index contributed by atoms with van der Waals surface area (Å²) < 4.78 is 0.726. The van der Waals surface area contributed by atoms with Gasteiger partial charge < -0.3 is 22.4 Å². The van der Waals surface area contributed by atoms with Crippen molar-refractivity contribution in [1.29, 1.82) is 0 Å². The lowest BCUT2D eigenvalue weighted by Gasteiger charge is -2.19. The van der Waals surface area contributed by atoms with Gasteiger partial charge in [0.2, 0.25) is 0 Å². The van der Waals surface area contributed by atoms with E-state index in [9.17, 15) is 4.79 Å². The number of hydrogen-bond donors (Lipinski definition) is 0. The SMILES string of the molecule is C[N+](C)(C)CC=O.O.[Cl-]. The van der Waals surface area contributed by atoms with E-state index in [1.54, 1.807) is 0 Å². The molecule has 0 aliphatic heterocycles. The zero-order valence-electron chi connectivity index (χ0n) is 6.02. The van der Waals surface area contributed by atoms with E-state index in [2.05, 4.69) is 0 Å². The molecule has 0 saturated heterocycles. The van der Waals surface area contributed by atoms with Crippen molar-refractivity contribution in [3.8, 4) is 0 Å². The minimum absolute atomic E-state index is 0. The highest BCUT2D eigenvalue weighted by Gasteiger charge is 2.01. The lowest BCUT2D eigenvalue weighted by Crippen LogP contribution is -3.00. The molecule has 0 aromatic rings. The van der Waals surface area contributed by atoms with Crippen LogP contribution in [0.3, 0.4) is 0 Å². The molecule has 0 atom stereocenters. The van der Waals surface area contributed by atoms with Crippen LogP contribution in [0.1, 0.15) is 0 Å². The molecule has 3 nitrogen and oxygen atoms in total. The van der Waals surface area contributed by atoms with Gasteiger partial charge in [-0.15, -0.1) is 0 Å². The van der Waals surface area contributed by atoms with Crippen molar-refractivity contribution < 1.29 is 27.2 Å². The van der Waals surface area contributed by atoms with Crippen LogP contribution in [-0.4, -0.2) is 43.9 Å². The fourth-order valence-corrected chi connectivity index (χ4v) is 0.224. The Morgan fingerprint density at radius 1 is 1.33 bits per heavy atom. The summed E-state index contributed by atoms with van der Waals surface area (Å²) in [6, 6.07) is 0. The van der Waals surface area contributed by atoms with Crippen molar-refractivity contribution in [2.24, 2.45) is 0 Å². The Kier molecular flexibility index (Phi) is 10.6. The molecular weight excluding hydrogens is 142 g/mol. The first kappa shape index (κ1) is 15.9. The number of likely N-dealkylation sites (N-methyl/N-ethyl adjacent to an activating group) is 1. The number of aldehydes is 1. The Bertz CT molecular complexity index is 69.8. The number of quaternary nitrogens is 1. The molecule has 2 N–H and O–H groups in total. The molecule has 0 saturated carbocycles. The van der Waals surface area contributed by atoms with E-state index < -0.39 is 0 Å². The van der Waals surface area contributed by atoms with E-state index in [0.717, 1.165) is 10.8 Å². The Morgan fingerprint density at radius 3 is 1.67 bits per heavy atom. The minimum Gasteiger partial charge on any atom is -1.00 e. The Labute approximate surface area is 62.0 Å². The lowest BCUT2D eigenvalue weighted by atomic mass is 10.6. The van der Waals surface area contributed by atoms with E-state index in [-0.39, 0.29) is 17.9 Å². The zero-order chi connectivity index (χ0) is 5.91. The molecule has 0 aromatic carbocycles. The van der Waals surface area contributed by atoms with Crippen LogP contribution in [0.25, 0.3) is 0 Å². The summed E-state index contributed by atoms with van der Waals surface area (Å²) in [4.78, 5) is 9.80. The highest BCUT2D eigenvalue weighted by atomic mass is 35.5. The largest absolute Gasteiger partial charge is 1.00 e. The maximum absolute atomic E-state index is 9.80. The number of carbonyl (C=O) groups excluding carboxylic acids is 1. The lowest BCUT2D eigenvalue weighted by molar-refractivity contribution is -0.861. The quantitative estimate of drug-likeness (QED) is 0.297. The normalized spacial score (nSPS) is 8.78. The second-order valence-corrected chi connectivity index (χ2v) is 2.64. The van der Waals surface area contributed by atoms with Gasteiger partial charge in [0.15, 0.2) is 6.29 Å². The van der Waals surface area contributed by atoms with Crippen LogP contribution >= 0.6 is 0 Å². The van der Waals surface area contributed by atoms with Gasteiger partial charge in [-0.1, -0.05) is 0 Å². The van der Waals surface area contributed by atoms with Crippen LogP contribution in [0.15, 0.2) is 0 Å². The van der Waals surface area contributed by atoms with E-state index in [0.29, 0.717) is 6.54 Å². The molecule has 4 heteroatoms. The van der Waals surface area contributed by atoms with Gasteiger partial charge in [-0.05, 0) is 0 Å². The molecule has 0 bridgehead atoms. The summed E-state index contributed by atoms with van der Waals surface area (Å²) >= 11 is 0. The predicted octanol–water partition coefficient (Wildman–Crippen LogP) is -3.93. The molecule has 0 aliphatic carbocycles. The molecule has 9 heavy (non-hydrogen) atoms. The third-order valence-electron chi connectivity index (χ3n) is 0.622. The molecule has 0 heterocycles. The van der Waals surface area contributed by atoms with Gasteiger partial charge in [0.1, 0.15) is 6.54 Å². The van der Waals surface area contributed by atoms with E-state index in [4.69, 9.17) is 0 Å². The monoisotopic (exact) mass is 155 g/mol. The number of rotatable bonds is 2. The molecule has 0 rings (SSSR count). The van der Waals surface area contributed by atoms with Gasteiger partial charge in [-0.2, -0.15) is 0 Å². The van der Waals surface area contributed by atoms with Crippen molar-refractivity contribution in [3.05, 3.63) is 0 Å². The maximum atomic E-state index is 9.80. The first-order valence-electron chi connectivity index (χ1n) is 2.30. The van der Waals surface area contributed by atoms with Gasteiger partial charge in [0, 0.05) is 0 Å². The Balaban J connectivity index is -0.000000180. The third-order valence-corrected chi connectivity index (χ3v) is 0.622. The molecule has 58 valence electrons. The van der Waals surface area contributed by atoms with Crippen molar-refractivity contribution in [2.45, 2.75) is 0 Å². The minimum atomic E-state index is 0. The number of hydrogen-bond acceptors (Lipinski definition) is 1. The summed E-state index contributed by atoms with van der Waals surface area (Å²) in [5, 5.41) is 0. The summed E-state index contributed by atoms with van der Waals surface area (Å²) in [6.45, 7) is 0.597. The van der Waals surface area contributed by atoms with Crippen LogP contribution in [0.5, 0.6) is 0 Å². The average Bonchev–Trinajstić information content (AvgIpc) is 1.30. The van der Waals surface area contributed by atoms with Crippen molar-refractivity contribution in [2.75, 3.05) is 27.7 Å². The molecule has 0 unspecified atom stereocenters. The van der Waals surface area contributed by atoms with E-state index >= 15 is 0 Å². The van der Waals surface area contributed by atoms with Gasteiger partial charge in [-0.25, -0.2) is 0 Å². The van der Waals surface area contributed by atoms with E-state index in [1.165, 1.54) is 0 Å². The molecular formula is C5H14ClNO2. The highest BCUT2D eigenvalue weighted by Crippen LogP contribution is 1.82. The molecule has 0 aliphatic rings. The first-order valence-corrected chi connectivity index (χ1v) is 2.30. The molecule has 0 aromatic heterocycles. The summed E-state index contributed by atoms with van der Waals surface area (Å²) in [5.74, 6) is 0. The fourth-order valence-electron chi connectivity index (χ4n) is 0.224. The maximum Gasteiger partial charge on any atom is 0.174 e. The van der Waals surface area contributed by atoms with Gasteiger partial charge >= 0.3 is 0 Å². The van der Waals surface area contributed by atoms with Gasteiger partial charge in [0.25, 0.3) is 0 Å². The number of carbonyl (C=O) groups is 1. The second kappa shape index (κ2) is 6.01. The van der Waals surface area contributed by atoms with Crippen LogP contribution in [0.4, 0.5) is 0 Å². The van der Waals surface area contributed by atoms with Crippen LogP contribution in [0, 0.1) is 0 Å². The van der Waals surface area contributed by atoms with Crippen molar-refractivity contribution in [3.63, 3.8) is 0 Å². The highest BCUT2D eigenvalue weighted by molar-refractivity contribution is 5.50. The van der Waals surface area contributed by atoms with E-state index in [1.807, 2.05) is 21.1 Å². The zero-order valence-corrected chi connectivity index (χ0v) is 6.77. The standard InChI is InChI=1S/C5H12NO.ClH.H2O/c1-6(2,3)4-5-7;;/h5H,4H2,1-3H3;1H;1H2/q+1;;/p-1. The smallest absolute Gasteiger partial charge is 0.174 e. The summed E-state index contributed by atoms with van der Waals surface area (Å²) in [6.07, 6.45) is 0.931. The first-order chi connectivity index (χ1) is 3.06. The molecule has 0 radical (unpaired) electrons. The van der Waals surface area contributed by atoms with Crippen molar-refractivity contribution >= 4 is 6.29 Å². The Morgan fingerprint density at radius 2 is 1.67 bits per heavy atom. The summed E-state index contributed by atoms with van der Waals surface area (Å²) in [5.41, 5.74) is 0. The van der Waals surface area contributed by atoms with Gasteiger partial charge in [0.05, 0.1) is 21.1 Å². The fraction of sp³-hybridized carbons (Fsp3) is 0.800. The van der Waals surface area contributed by atoms with Crippen LogP contribution in [0.2, 0.25) is 0 Å². The number of nitrogens with zero attached hydrogens (tertiary/aromatic N) is 1. The summed E-state index contributed by atoms with van der Waals surface area (Å²) in [7, 11) is 5.94. The molecule has 0 spiro atoms. The van der Waals surface area contributed by atoms with Gasteiger partial charge in [-0.3, -0.25) is 4.79 Å². The Hall–Kier alpha value is -0.120. The molecule has 0 amide bonds. The number of halogens is 1. The second-order valence-electron chi connectivity index (χ2n) is 2.64.